The van der Waals surface area contributed by atoms with E-state index in [1.54, 1.807) is 13.0 Å². The van der Waals surface area contributed by atoms with Crippen LogP contribution < -0.4 is 0 Å². The smallest absolute Gasteiger partial charge is 0.306 e. The molecule has 0 aromatic carbocycles. The number of rotatable bonds is 10. The van der Waals surface area contributed by atoms with Crippen LogP contribution in [0.4, 0.5) is 8.78 Å². The molecule has 3 unspecified atom stereocenters. The standard InChI is InChI=1S/C24H38F2O5/c1-4-6-15-24(25,26)22(27)14-13-19-18-11-9-7-8-10-12-23(28)31-21(18)16-20(19)30-17(3)29-5-2/h7,9,13-14,17-22,27H,4-6,8,10-12,15-16H2,1-3H3/b9-7-,14-13+/t17?,18?,19-,20-,21?,22-/m1/s1. The van der Waals surface area contributed by atoms with E-state index in [1.165, 1.54) is 6.08 Å². The Bertz CT molecular complexity index is 607. The molecule has 0 spiro atoms. The molecule has 31 heavy (non-hydrogen) atoms. The fourth-order valence-corrected chi connectivity index (χ4v) is 4.36. The Morgan fingerprint density at radius 2 is 2.13 bits per heavy atom. The lowest BCUT2D eigenvalue weighted by Gasteiger charge is -2.26. The third kappa shape index (κ3) is 7.95. The predicted octanol–water partition coefficient (Wildman–Crippen LogP) is 5.17. The largest absolute Gasteiger partial charge is 0.462 e. The molecule has 0 radical (unpaired) electrons. The van der Waals surface area contributed by atoms with Gasteiger partial charge >= 0.3 is 5.97 Å². The molecule has 0 saturated heterocycles. The lowest BCUT2D eigenvalue weighted by atomic mass is 9.89. The van der Waals surface area contributed by atoms with Gasteiger partial charge in [-0.1, -0.05) is 37.6 Å². The molecule has 0 aromatic heterocycles. The summed E-state index contributed by atoms with van der Waals surface area (Å²) < 4.78 is 45.8. The zero-order valence-electron chi connectivity index (χ0n) is 19.0. The molecule has 2 aliphatic rings. The zero-order chi connectivity index (χ0) is 22.9. The lowest BCUT2D eigenvalue weighted by molar-refractivity contribution is -0.164. The van der Waals surface area contributed by atoms with Crippen LogP contribution in [0.5, 0.6) is 0 Å². The van der Waals surface area contributed by atoms with Crippen molar-refractivity contribution in [3.63, 3.8) is 0 Å². The Kier molecular flexibility index (Phi) is 10.6. The van der Waals surface area contributed by atoms with Crippen LogP contribution in [0, 0.1) is 11.8 Å². The molecule has 1 N–H and O–H groups in total. The van der Waals surface area contributed by atoms with Gasteiger partial charge in [0.25, 0.3) is 5.92 Å². The minimum absolute atomic E-state index is 0.107. The van der Waals surface area contributed by atoms with E-state index in [0.29, 0.717) is 38.7 Å². The normalized spacial score (nSPS) is 30.6. The van der Waals surface area contributed by atoms with Crippen LogP contribution in [0.25, 0.3) is 0 Å². The van der Waals surface area contributed by atoms with Gasteiger partial charge in [-0.3, -0.25) is 4.79 Å². The van der Waals surface area contributed by atoms with E-state index in [2.05, 4.69) is 12.2 Å². The third-order valence-electron chi connectivity index (χ3n) is 6.06. The average Bonchev–Trinajstić information content (AvgIpc) is 3.03. The van der Waals surface area contributed by atoms with Gasteiger partial charge in [-0.15, -0.1) is 0 Å². The summed E-state index contributed by atoms with van der Waals surface area (Å²) in [6, 6.07) is 0. The van der Waals surface area contributed by atoms with E-state index in [4.69, 9.17) is 14.2 Å². The van der Waals surface area contributed by atoms with Crippen molar-refractivity contribution in [1.29, 1.82) is 0 Å². The van der Waals surface area contributed by atoms with Crippen molar-refractivity contribution in [2.75, 3.05) is 6.61 Å². The molecule has 1 aliphatic heterocycles. The highest BCUT2D eigenvalue weighted by Crippen LogP contribution is 2.41. The number of unbranched alkanes of at least 4 members (excludes halogenated alkanes) is 1. The number of carbonyl (C=O) groups is 1. The highest BCUT2D eigenvalue weighted by atomic mass is 19.3. The maximum absolute atomic E-state index is 14.3. The molecular formula is C24H38F2O5. The van der Waals surface area contributed by atoms with Crippen LogP contribution in [0.1, 0.15) is 72.1 Å². The number of allylic oxidation sites excluding steroid dienone is 2. The highest BCUT2D eigenvalue weighted by Gasteiger charge is 2.45. The Morgan fingerprint density at radius 1 is 1.35 bits per heavy atom. The Hall–Kier alpha value is -1.31. The number of fused-ring (bicyclic) bond motifs is 1. The fourth-order valence-electron chi connectivity index (χ4n) is 4.36. The summed E-state index contributed by atoms with van der Waals surface area (Å²) in [5.74, 6) is -3.80. The third-order valence-corrected chi connectivity index (χ3v) is 6.06. The Labute approximate surface area is 184 Å². The number of carbonyl (C=O) groups excluding carboxylic acids is 1. The average molecular weight is 445 g/mol. The molecular weight excluding hydrogens is 406 g/mol. The van der Waals surface area contributed by atoms with Gasteiger partial charge in [0, 0.05) is 37.7 Å². The van der Waals surface area contributed by atoms with Gasteiger partial charge in [0.2, 0.25) is 0 Å². The van der Waals surface area contributed by atoms with Crippen LogP contribution in [0.15, 0.2) is 24.3 Å². The quantitative estimate of drug-likeness (QED) is 0.286. The maximum Gasteiger partial charge on any atom is 0.306 e. The monoisotopic (exact) mass is 444 g/mol. The minimum atomic E-state index is -3.18. The summed E-state index contributed by atoms with van der Waals surface area (Å²) >= 11 is 0. The second kappa shape index (κ2) is 12.7. The number of ether oxygens (including phenoxy) is 3. The maximum atomic E-state index is 14.3. The molecule has 0 aromatic rings. The van der Waals surface area contributed by atoms with Crippen molar-refractivity contribution in [1.82, 2.24) is 0 Å². The number of aliphatic hydroxyl groups excluding tert-OH is 1. The molecule has 178 valence electrons. The molecule has 7 heteroatoms. The molecule has 0 amide bonds. The second-order valence-corrected chi connectivity index (χ2v) is 8.50. The van der Waals surface area contributed by atoms with Crippen LogP contribution >= 0.6 is 0 Å². The predicted molar refractivity (Wildman–Crippen MR) is 115 cm³/mol. The van der Waals surface area contributed by atoms with Crippen LogP contribution in [-0.4, -0.2) is 48.2 Å². The molecule has 6 atom stereocenters. The molecule has 1 aliphatic carbocycles. The van der Waals surface area contributed by atoms with Gasteiger partial charge in [-0.2, -0.15) is 0 Å². The van der Waals surface area contributed by atoms with Crippen molar-refractivity contribution in [3.05, 3.63) is 24.3 Å². The summed E-state index contributed by atoms with van der Waals surface area (Å²) in [6.45, 7) is 5.99. The SMILES string of the molecule is CCCCC(F)(F)[C@H](O)/C=C/[C@@H]1C2C/C=C\CCCC(=O)OC2C[C@H]1OC(C)OCC. The van der Waals surface area contributed by atoms with Gasteiger partial charge in [0.05, 0.1) is 6.10 Å². The number of esters is 1. The van der Waals surface area contributed by atoms with Crippen molar-refractivity contribution < 1.29 is 32.9 Å². The fraction of sp³-hybridized carbons (Fsp3) is 0.792. The molecule has 1 heterocycles. The van der Waals surface area contributed by atoms with E-state index >= 15 is 0 Å². The van der Waals surface area contributed by atoms with Gasteiger partial charge in [-0.05, 0) is 39.5 Å². The van der Waals surface area contributed by atoms with E-state index in [9.17, 15) is 18.7 Å². The second-order valence-electron chi connectivity index (χ2n) is 8.50. The Morgan fingerprint density at radius 3 is 2.84 bits per heavy atom. The summed E-state index contributed by atoms with van der Waals surface area (Å²) in [7, 11) is 0. The van der Waals surface area contributed by atoms with E-state index in [1.807, 2.05) is 13.8 Å². The number of aliphatic hydroxyl groups is 1. The molecule has 1 saturated carbocycles. The first kappa shape index (κ1) is 25.9. The molecule has 1 fully saturated rings. The first-order valence-corrected chi connectivity index (χ1v) is 11.6. The summed E-state index contributed by atoms with van der Waals surface area (Å²) in [5, 5.41) is 10.1. The lowest BCUT2D eigenvalue weighted by Crippen LogP contribution is -2.32. The zero-order valence-corrected chi connectivity index (χ0v) is 19.0. The Balaban J connectivity index is 2.22. The summed E-state index contributed by atoms with van der Waals surface area (Å²) in [6.07, 6.45) is 7.57. The summed E-state index contributed by atoms with van der Waals surface area (Å²) in [4.78, 5) is 12.2. The van der Waals surface area contributed by atoms with Gasteiger partial charge in [0.15, 0.2) is 6.29 Å². The van der Waals surface area contributed by atoms with Crippen LogP contribution in [0.2, 0.25) is 0 Å². The molecule has 5 nitrogen and oxygen atoms in total. The van der Waals surface area contributed by atoms with Crippen molar-refractivity contribution in [2.45, 2.75) is 103 Å². The first-order valence-electron chi connectivity index (χ1n) is 11.6. The number of hydrogen-bond acceptors (Lipinski definition) is 5. The van der Waals surface area contributed by atoms with Crippen LogP contribution in [-0.2, 0) is 19.0 Å². The van der Waals surface area contributed by atoms with Gasteiger partial charge < -0.3 is 19.3 Å². The summed E-state index contributed by atoms with van der Waals surface area (Å²) in [5.41, 5.74) is 0. The van der Waals surface area contributed by atoms with Crippen molar-refractivity contribution in [3.8, 4) is 0 Å². The van der Waals surface area contributed by atoms with Crippen molar-refractivity contribution >= 4 is 5.97 Å². The topological polar surface area (TPSA) is 65.0 Å². The highest BCUT2D eigenvalue weighted by molar-refractivity contribution is 5.69. The minimum Gasteiger partial charge on any atom is -0.462 e. The number of halogens is 2. The molecule has 2 rings (SSSR count). The molecule has 0 bridgehead atoms. The van der Waals surface area contributed by atoms with Crippen LogP contribution in [0.3, 0.4) is 0 Å². The first-order chi connectivity index (χ1) is 14.8. The number of hydrogen-bond donors (Lipinski definition) is 1. The van der Waals surface area contributed by atoms with Gasteiger partial charge in [-0.25, -0.2) is 8.78 Å². The number of alkyl halides is 2. The van der Waals surface area contributed by atoms with E-state index < -0.39 is 18.3 Å². The van der Waals surface area contributed by atoms with Gasteiger partial charge in [0.1, 0.15) is 12.2 Å². The van der Waals surface area contributed by atoms with Crippen molar-refractivity contribution in [2.24, 2.45) is 11.8 Å². The van der Waals surface area contributed by atoms with E-state index in [-0.39, 0.29) is 36.4 Å². The van der Waals surface area contributed by atoms with E-state index in [0.717, 1.165) is 12.8 Å².